The van der Waals surface area contributed by atoms with Crippen molar-refractivity contribution >= 4 is 11.9 Å². The maximum atomic E-state index is 12.3. The molecule has 0 aromatic carbocycles. The lowest BCUT2D eigenvalue weighted by atomic mass is 10.1. The summed E-state index contributed by atoms with van der Waals surface area (Å²) in [6, 6.07) is 5.30. The molecule has 3 heterocycles. The molecular weight excluding hydrogens is 296 g/mol. The smallest absolute Gasteiger partial charge is 0.327 e. The van der Waals surface area contributed by atoms with Crippen molar-refractivity contribution in [3.8, 4) is 0 Å². The first-order valence-electron chi connectivity index (χ1n) is 7.54. The number of imide groups is 1. The molecule has 1 saturated heterocycles. The third kappa shape index (κ3) is 3.39. The minimum Gasteiger partial charge on any atom is -0.364 e. The Morgan fingerprint density at radius 1 is 1.30 bits per heavy atom. The molecule has 0 atom stereocenters. The van der Waals surface area contributed by atoms with Crippen molar-refractivity contribution in [3.63, 3.8) is 0 Å². The third-order valence-corrected chi connectivity index (χ3v) is 3.90. The monoisotopic (exact) mass is 314 g/mol. The van der Waals surface area contributed by atoms with Crippen LogP contribution in [-0.2, 0) is 17.8 Å². The maximum absolute atomic E-state index is 12.3. The van der Waals surface area contributed by atoms with Crippen LogP contribution in [0.3, 0.4) is 0 Å². The number of aromatic nitrogens is 2. The van der Waals surface area contributed by atoms with E-state index in [1.165, 1.54) is 11.2 Å². The number of hydrogen-bond acceptors (Lipinski definition) is 5. The molecule has 1 fully saturated rings. The molecule has 0 bridgehead atoms. The number of amides is 3. The van der Waals surface area contributed by atoms with E-state index in [4.69, 9.17) is 4.52 Å². The number of urea groups is 1. The average Bonchev–Trinajstić information content (AvgIpc) is 3.14. The molecule has 0 unspecified atom stereocenters. The third-order valence-electron chi connectivity index (χ3n) is 3.90. The molecule has 1 aliphatic heterocycles. The van der Waals surface area contributed by atoms with Crippen molar-refractivity contribution in [2.45, 2.75) is 26.3 Å². The fourth-order valence-electron chi connectivity index (χ4n) is 2.62. The normalized spacial score (nSPS) is 14.8. The van der Waals surface area contributed by atoms with Gasteiger partial charge in [0.1, 0.15) is 18.5 Å². The summed E-state index contributed by atoms with van der Waals surface area (Å²) in [6.07, 6.45) is 4.75. The SMILES string of the molecule is Cc1cccnc1CCCN1CC(=O)N(Cc2ccon2)C1=O. The summed E-state index contributed by atoms with van der Waals surface area (Å²) >= 11 is 0. The van der Waals surface area contributed by atoms with Crippen LogP contribution in [0, 0.1) is 6.92 Å². The zero-order chi connectivity index (χ0) is 16.2. The molecular formula is C16H18N4O3. The molecule has 2 aromatic rings. The summed E-state index contributed by atoms with van der Waals surface area (Å²) in [7, 11) is 0. The Balaban J connectivity index is 1.54. The lowest BCUT2D eigenvalue weighted by Crippen LogP contribution is -2.33. The van der Waals surface area contributed by atoms with Gasteiger partial charge >= 0.3 is 6.03 Å². The van der Waals surface area contributed by atoms with Crippen molar-refractivity contribution in [1.29, 1.82) is 0 Å². The zero-order valence-corrected chi connectivity index (χ0v) is 12.9. The lowest BCUT2D eigenvalue weighted by molar-refractivity contribution is -0.125. The summed E-state index contributed by atoms with van der Waals surface area (Å²) in [5.41, 5.74) is 2.74. The summed E-state index contributed by atoms with van der Waals surface area (Å²) in [4.78, 5) is 31.4. The number of carbonyl (C=O) groups is 2. The van der Waals surface area contributed by atoms with Crippen LogP contribution >= 0.6 is 0 Å². The molecule has 2 aromatic heterocycles. The summed E-state index contributed by atoms with van der Waals surface area (Å²) in [6.45, 7) is 2.84. The Kier molecular flexibility index (Phi) is 4.36. The molecule has 0 aliphatic carbocycles. The van der Waals surface area contributed by atoms with E-state index in [0.29, 0.717) is 12.2 Å². The van der Waals surface area contributed by atoms with Crippen molar-refractivity contribution in [2.24, 2.45) is 0 Å². The molecule has 0 spiro atoms. The molecule has 0 saturated carbocycles. The quantitative estimate of drug-likeness (QED) is 0.759. The Morgan fingerprint density at radius 3 is 2.91 bits per heavy atom. The van der Waals surface area contributed by atoms with E-state index in [1.54, 1.807) is 17.2 Å². The molecule has 3 amide bonds. The largest absolute Gasteiger partial charge is 0.364 e. The number of hydrogen-bond donors (Lipinski definition) is 0. The van der Waals surface area contributed by atoms with Gasteiger partial charge in [-0.3, -0.25) is 14.7 Å². The van der Waals surface area contributed by atoms with Gasteiger partial charge in [0.2, 0.25) is 0 Å². The van der Waals surface area contributed by atoms with Gasteiger partial charge in [-0.25, -0.2) is 4.79 Å². The number of rotatable bonds is 6. The predicted octanol–water partition coefficient (Wildman–Crippen LogP) is 1.78. The topological polar surface area (TPSA) is 79.5 Å². The molecule has 120 valence electrons. The Morgan fingerprint density at radius 2 is 2.17 bits per heavy atom. The Bertz CT molecular complexity index is 699. The van der Waals surface area contributed by atoms with Gasteiger partial charge in [-0.2, -0.15) is 0 Å². The molecule has 0 radical (unpaired) electrons. The second-order valence-corrected chi connectivity index (χ2v) is 5.55. The van der Waals surface area contributed by atoms with Crippen molar-refractivity contribution < 1.29 is 14.1 Å². The molecule has 7 nitrogen and oxygen atoms in total. The van der Waals surface area contributed by atoms with Gasteiger partial charge in [0, 0.05) is 24.5 Å². The van der Waals surface area contributed by atoms with Crippen LogP contribution in [0.2, 0.25) is 0 Å². The van der Waals surface area contributed by atoms with E-state index in [-0.39, 0.29) is 25.0 Å². The van der Waals surface area contributed by atoms with E-state index in [9.17, 15) is 9.59 Å². The Hall–Kier alpha value is -2.70. The highest BCUT2D eigenvalue weighted by Crippen LogP contribution is 2.15. The highest BCUT2D eigenvalue weighted by Gasteiger charge is 2.35. The van der Waals surface area contributed by atoms with Crippen LogP contribution in [-0.4, -0.2) is 45.0 Å². The molecule has 0 N–H and O–H groups in total. The standard InChI is InChI=1S/C16H18N4O3/c1-12-4-2-7-17-14(12)5-3-8-19-11-15(21)20(16(19)22)10-13-6-9-23-18-13/h2,4,6-7,9H,3,5,8,10-11H2,1H3. The van der Waals surface area contributed by atoms with E-state index in [1.807, 2.05) is 19.1 Å². The van der Waals surface area contributed by atoms with E-state index >= 15 is 0 Å². The first-order valence-corrected chi connectivity index (χ1v) is 7.54. The van der Waals surface area contributed by atoms with Gasteiger partial charge in [-0.05, 0) is 31.4 Å². The number of carbonyl (C=O) groups excluding carboxylic acids is 2. The highest BCUT2D eigenvalue weighted by molar-refractivity contribution is 6.01. The second kappa shape index (κ2) is 6.60. The number of aryl methyl sites for hydroxylation is 2. The Labute approximate surface area is 133 Å². The predicted molar refractivity (Wildman–Crippen MR) is 81.3 cm³/mol. The van der Waals surface area contributed by atoms with Crippen LogP contribution in [0.5, 0.6) is 0 Å². The highest BCUT2D eigenvalue weighted by atomic mass is 16.5. The van der Waals surface area contributed by atoms with Gasteiger partial charge in [-0.1, -0.05) is 11.2 Å². The van der Waals surface area contributed by atoms with E-state index < -0.39 is 0 Å². The zero-order valence-electron chi connectivity index (χ0n) is 12.9. The van der Waals surface area contributed by atoms with Crippen molar-refractivity contribution in [1.82, 2.24) is 19.9 Å². The summed E-state index contributed by atoms with van der Waals surface area (Å²) in [5.74, 6) is -0.202. The van der Waals surface area contributed by atoms with E-state index in [0.717, 1.165) is 24.1 Å². The second-order valence-electron chi connectivity index (χ2n) is 5.55. The fraction of sp³-hybridized carbons (Fsp3) is 0.375. The molecule has 3 rings (SSSR count). The summed E-state index contributed by atoms with van der Waals surface area (Å²) in [5, 5.41) is 3.74. The minimum absolute atomic E-state index is 0.123. The van der Waals surface area contributed by atoms with Gasteiger partial charge in [-0.15, -0.1) is 0 Å². The van der Waals surface area contributed by atoms with Crippen LogP contribution < -0.4 is 0 Å². The molecule has 7 heteroatoms. The van der Waals surface area contributed by atoms with Crippen LogP contribution in [0.1, 0.15) is 23.4 Å². The minimum atomic E-state index is -0.268. The molecule has 23 heavy (non-hydrogen) atoms. The average molecular weight is 314 g/mol. The van der Waals surface area contributed by atoms with Crippen LogP contribution in [0.15, 0.2) is 35.2 Å². The van der Waals surface area contributed by atoms with Gasteiger partial charge in [0.05, 0.1) is 6.54 Å². The molecule has 1 aliphatic rings. The van der Waals surface area contributed by atoms with Crippen LogP contribution in [0.25, 0.3) is 0 Å². The van der Waals surface area contributed by atoms with E-state index in [2.05, 4.69) is 10.1 Å². The lowest BCUT2D eigenvalue weighted by Gasteiger charge is -2.16. The fourth-order valence-corrected chi connectivity index (χ4v) is 2.62. The van der Waals surface area contributed by atoms with Crippen LogP contribution in [0.4, 0.5) is 4.79 Å². The number of pyridine rings is 1. The first kappa shape index (κ1) is 15.2. The van der Waals surface area contributed by atoms with Crippen molar-refractivity contribution in [2.75, 3.05) is 13.1 Å². The summed E-state index contributed by atoms with van der Waals surface area (Å²) < 4.78 is 4.73. The maximum Gasteiger partial charge on any atom is 0.327 e. The van der Waals surface area contributed by atoms with Gasteiger partial charge in [0.25, 0.3) is 5.91 Å². The number of nitrogens with zero attached hydrogens (tertiary/aromatic N) is 4. The van der Waals surface area contributed by atoms with Gasteiger partial charge < -0.3 is 9.42 Å². The first-order chi connectivity index (χ1) is 11.1. The van der Waals surface area contributed by atoms with Gasteiger partial charge in [0.15, 0.2) is 0 Å². The van der Waals surface area contributed by atoms with Crippen molar-refractivity contribution in [3.05, 3.63) is 47.6 Å².